The fraction of sp³-hybridized carbons (Fsp3) is 0.0870. The third kappa shape index (κ3) is 3.11. The molecule has 0 aliphatic carbocycles. The predicted octanol–water partition coefficient (Wildman–Crippen LogP) is 4.67. The molecule has 4 rings (SSSR count). The third-order valence-electron chi connectivity index (χ3n) is 4.85. The van der Waals surface area contributed by atoms with Gasteiger partial charge in [0, 0.05) is 10.9 Å². The van der Waals surface area contributed by atoms with Crippen molar-refractivity contribution >= 4 is 27.2 Å². The highest BCUT2D eigenvalue weighted by molar-refractivity contribution is 7.90. The molecule has 146 valence electrons. The number of fused-ring (bicyclic) bond motifs is 1. The van der Waals surface area contributed by atoms with E-state index in [1.165, 1.54) is 11.1 Å². The van der Waals surface area contributed by atoms with E-state index in [2.05, 4.69) is 0 Å². The van der Waals surface area contributed by atoms with Crippen molar-refractivity contribution < 1.29 is 17.9 Å². The maximum atomic E-state index is 13.6. The zero-order valence-corrected chi connectivity index (χ0v) is 16.8. The highest BCUT2D eigenvalue weighted by atomic mass is 32.2. The number of rotatable bonds is 5. The first-order chi connectivity index (χ1) is 14.0. The molecule has 0 bridgehead atoms. The molecule has 0 amide bonds. The molecule has 6 heteroatoms. The van der Waals surface area contributed by atoms with E-state index in [1.54, 1.807) is 54.6 Å². The van der Waals surface area contributed by atoms with E-state index >= 15 is 0 Å². The van der Waals surface area contributed by atoms with Crippen LogP contribution >= 0.6 is 0 Å². The molecule has 0 unspecified atom stereocenters. The van der Waals surface area contributed by atoms with Crippen LogP contribution in [0.2, 0.25) is 0 Å². The second-order valence-corrected chi connectivity index (χ2v) is 8.51. The Hall–Kier alpha value is -3.38. The monoisotopic (exact) mass is 405 g/mol. The zero-order valence-electron chi connectivity index (χ0n) is 16.0. The molecule has 0 aliphatic rings. The fourth-order valence-electron chi connectivity index (χ4n) is 3.53. The minimum Gasteiger partial charge on any atom is -0.495 e. The number of ether oxygens (including phenoxy) is 1. The van der Waals surface area contributed by atoms with Crippen LogP contribution in [-0.2, 0) is 10.0 Å². The van der Waals surface area contributed by atoms with Crippen molar-refractivity contribution in [2.45, 2.75) is 11.8 Å². The predicted molar refractivity (Wildman–Crippen MR) is 113 cm³/mol. The van der Waals surface area contributed by atoms with Gasteiger partial charge in [-0.15, -0.1) is 0 Å². The Bertz CT molecular complexity index is 1320. The number of hydrogen-bond acceptors (Lipinski definition) is 4. The van der Waals surface area contributed by atoms with Gasteiger partial charge in [0.25, 0.3) is 10.0 Å². The van der Waals surface area contributed by atoms with Crippen LogP contribution in [-0.4, -0.2) is 25.8 Å². The summed E-state index contributed by atoms with van der Waals surface area (Å²) in [5.41, 5.74) is 2.91. The molecule has 1 aromatic heterocycles. The lowest BCUT2D eigenvalue weighted by Gasteiger charge is -2.15. The van der Waals surface area contributed by atoms with Gasteiger partial charge < -0.3 is 4.74 Å². The Morgan fingerprint density at radius 2 is 1.69 bits per heavy atom. The quantitative estimate of drug-likeness (QED) is 0.453. The van der Waals surface area contributed by atoms with Crippen molar-refractivity contribution in [2.75, 3.05) is 7.11 Å². The summed E-state index contributed by atoms with van der Waals surface area (Å²) in [6.45, 7) is 1.95. The Kier molecular flexibility index (Phi) is 4.72. The number of hydrogen-bond donors (Lipinski definition) is 0. The van der Waals surface area contributed by atoms with Gasteiger partial charge in [-0.05, 0) is 49.4 Å². The van der Waals surface area contributed by atoms with Gasteiger partial charge in [0.05, 0.1) is 28.8 Å². The molecule has 0 N–H and O–H groups in total. The molecular weight excluding hydrogens is 386 g/mol. The summed E-state index contributed by atoms with van der Waals surface area (Å²) in [6, 6.07) is 20.8. The number of carbonyl (C=O) groups excluding carboxylic acids is 1. The Balaban J connectivity index is 2.12. The summed E-state index contributed by atoms with van der Waals surface area (Å²) >= 11 is 0. The summed E-state index contributed by atoms with van der Waals surface area (Å²) in [7, 11) is -2.42. The van der Waals surface area contributed by atoms with Crippen molar-refractivity contribution in [1.82, 2.24) is 3.97 Å². The lowest BCUT2D eigenvalue weighted by atomic mass is 10.1. The summed E-state index contributed by atoms with van der Waals surface area (Å²) < 4.78 is 34.0. The van der Waals surface area contributed by atoms with E-state index in [0.29, 0.717) is 34.4 Å². The molecule has 0 saturated heterocycles. The first-order valence-corrected chi connectivity index (χ1v) is 10.5. The van der Waals surface area contributed by atoms with Crippen LogP contribution in [0.5, 0.6) is 5.75 Å². The van der Waals surface area contributed by atoms with E-state index < -0.39 is 10.0 Å². The van der Waals surface area contributed by atoms with E-state index in [4.69, 9.17) is 4.74 Å². The van der Waals surface area contributed by atoms with Gasteiger partial charge in [-0.25, -0.2) is 12.4 Å². The molecule has 4 aromatic rings. The van der Waals surface area contributed by atoms with Crippen molar-refractivity contribution in [1.29, 1.82) is 0 Å². The van der Waals surface area contributed by atoms with Crippen LogP contribution in [0.1, 0.15) is 15.9 Å². The molecule has 3 aromatic carbocycles. The van der Waals surface area contributed by atoms with Crippen molar-refractivity contribution in [2.24, 2.45) is 0 Å². The van der Waals surface area contributed by atoms with Gasteiger partial charge in [-0.3, -0.25) is 4.79 Å². The summed E-state index contributed by atoms with van der Waals surface area (Å²) in [5.74, 6) is 0.339. The fourth-order valence-corrected chi connectivity index (χ4v) is 5.08. The van der Waals surface area contributed by atoms with Crippen molar-refractivity contribution in [3.8, 4) is 17.0 Å². The van der Waals surface area contributed by atoms with Crippen LogP contribution in [0.4, 0.5) is 0 Å². The largest absolute Gasteiger partial charge is 0.495 e. The lowest BCUT2D eigenvalue weighted by molar-refractivity contribution is 0.112. The summed E-state index contributed by atoms with van der Waals surface area (Å²) in [6.07, 6.45) is 0.700. The Labute approximate surface area is 169 Å². The smallest absolute Gasteiger partial charge is 0.268 e. The molecule has 0 fully saturated rings. The molecule has 29 heavy (non-hydrogen) atoms. The molecule has 0 aliphatic heterocycles. The second kappa shape index (κ2) is 7.22. The van der Waals surface area contributed by atoms with E-state index in [-0.39, 0.29) is 4.90 Å². The minimum atomic E-state index is -3.89. The Morgan fingerprint density at radius 1 is 0.931 bits per heavy atom. The molecule has 0 spiro atoms. The number of aryl methyl sites for hydroxylation is 1. The zero-order chi connectivity index (χ0) is 20.6. The number of aldehydes is 1. The number of benzene rings is 3. The lowest BCUT2D eigenvalue weighted by Crippen LogP contribution is -2.14. The van der Waals surface area contributed by atoms with Crippen LogP contribution in [0, 0.1) is 6.92 Å². The average Bonchev–Trinajstić information content (AvgIpc) is 3.12. The molecular formula is C23H19NO4S. The van der Waals surface area contributed by atoms with Crippen LogP contribution in [0.15, 0.2) is 77.7 Å². The highest BCUT2D eigenvalue weighted by Gasteiger charge is 2.25. The van der Waals surface area contributed by atoms with Crippen LogP contribution < -0.4 is 4.74 Å². The van der Waals surface area contributed by atoms with Crippen molar-refractivity contribution in [3.05, 3.63) is 83.9 Å². The average molecular weight is 405 g/mol. The normalized spacial score (nSPS) is 11.5. The van der Waals surface area contributed by atoms with Crippen molar-refractivity contribution in [3.63, 3.8) is 0 Å². The molecule has 0 saturated carbocycles. The molecule has 1 heterocycles. The van der Waals surface area contributed by atoms with Crippen LogP contribution in [0.3, 0.4) is 0 Å². The number of aromatic nitrogens is 1. The van der Waals surface area contributed by atoms with Gasteiger partial charge in [-0.1, -0.05) is 35.9 Å². The summed E-state index contributed by atoms with van der Waals surface area (Å²) in [4.78, 5) is 11.7. The SMILES string of the molecule is COc1c(C=O)cccc1-c1cc2cc(C)ccc2n1S(=O)(=O)c1ccccc1. The van der Waals surface area contributed by atoms with Gasteiger partial charge in [0.1, 0.15) is 5.75 Å². The number of para-hydroxylation sites is 1. The van der Waals surface area contributed by atoms with Crippen LogP contribution in [0.25, 0.3) is 22.2 Å². The summed E-state index contributed by atoms with van der Waals surface area (Å²) in [5, 5.41) is 0.790. The third-order valence-corrected chi connectivity index (χ3v) is 6.59. The van der Waals surface area contributed by atoms with E-state index in [9.17, 15) is 13.2 Å². The van der Waals surface area contributed by atoms with E-state index in [0.717, 1.165) is 10.9 Å². The second-order valence-electron chi connectivity index (χ2n) is 6.72. The number of carbonyl (C=O) groups is 1. The maximum Gasteiger partial charge on any atom is 0.268 e. The maximum absolute atomic E-state index is 13.6. The first kappa shape index (κ1) is 19.0. The van der Waals surface area contributed by atoms with E-state index in [1.807, 2.05) is 25.1 Å². The highest BCUT2D eigenvalue weighted by Crippen LogP contribution is 2.38. The van der Waals surface area contributed by atoms with Gasteiger partial charge >= 0.3 is 0 Å². The molecule has 0 radical (unpaired) electrons. The number of methoxy groups -OCH3 is 1. The molecule has 5 nitrogen and oxygen atoms in total. The Morgan fingerprint density at radius 3 is 2.38 bits per heavy atom. The topological polar surface area (TPSA) is 65.4 Å². The number of nitrogens with zero attached hydrogens (tertiary/aromatic N) is 1. The standard InChI is InChI=1S/C23H19NO4S/c1-16-11-12-21-18(13-16)14-22(20-10-6-7-17(15-25)23(20)28-2)24(21)29(26,27)19-8-4-3-5-9-19/h3-15H,1-2H3. The van der Waals surface area contributed by atoms with Gasteiger partial charge in [0.2, 0.25) is 0 Å². The molecule has 0 atom stereocenters. The van der Waals surface area contributed by atoms with Gasteiger partial charge in [0.15, 0.2) is 6.29 Å². The van der Waals surface area contributed by atoms with Gasteiger partial charge in [-0.2, -0.15) is 0 Å². The first-order valence-electron chi connectivity index (χ1n) is 9.02. The minimum absolute atomic E-state index is 0.185.